The van der Waals surface area contributed by atoms with Crippen molar-refractivity contribution in [3.63, 3.8) is 0 Å². The molecule has 1 saturated heterocycles. The highest BCUT2D eigenvalue weighted by Crippen LogP contribution is 2.17. The molecule has 4 nitrogen and oxygen atoms in total. The number of rotatable bonds is 5. The Morgan fingerprint density at radius 2 is 1.87 bits per heavy atom. The van der Waals surface area contributed by atoms with Crippen LogP contribution >= 0.6 is 0 Å². The first-order valence-electron chi connectivity index (χ1n) is 8.40. The van der Waals surface area contributed by atoms with Gasteiger partial charge in [0.1, 0.15) is 5.82 Å². The molecule has 1 unspecified atom stereocenters. The van der Waals surface area contributed by atoms with E-state index in [9.17, 15) is 9.18 Å². The summed E-state index contributed by atoms with van der Waals surface area (Å²) in [6.07, 6.45) is 0. The highest BCUT2D eigenvalue weighted by atomic mass is 19.1. The summed E-state index contributed by atoms with van der Waals surface area (Å²) in [5.74, 6) is 0.259. The molecule has 1 aliphatic rings. The van der Waals surface area contributed by atoms with Crippen LogP contribution in [-0.2, 0) is 4.79 Å². The summed E-state index contributed by atoms with van der Waals surface area (Å²) in [5.41, 5.74) is 1.42. The number of carbonyl (C=O) groups is 1. The Bertz CT molecular complexity index is 539. The molecule has 23 heavy (non-hydrogen) atoms. The third-order valence-corrected chi connectivity index (χ3v) is 4.41. The van der Waals surface area contributed by atoms with Gasteiger partial charge in [-0.05, 0) is 37.5 Å². The normalized spacial score (nSPS) is 18.2. The van der Waals surface area contributed by atoms with Gasteiger partial charge in [0.15, 0.2) is 0 Å². The number of benzene rings is 1. The van der Waals surface area contributed by atoms with E-state index in [4.69, 9.17) is 0 Å². The predicted octanol–water partition coefficient (Wildman–Crippen LogP) is 2.73. The number of nitrogens with one attached hydrogen (secondary N) is 1. The van der Waals surface area contributed by atoms with Crippen LogP contribution in [0.15, 0.2) is 18.2 Å². The van der Waals surface area contributed by atoms with Crippen molar-refractivity contribution in [1.29, 1.82) is 0 Å². The van der Waals surface area contributed by atoms with Crippen molar-refractivity contribution in [2.24, 2.45) is 5.92 Å². The molecule has 1 atom stereocenters. The number of nitrogens with zero attached hydrogens (tertiary/aromatic N) is 2. The van der Waals surface area contributed by atoms with Gasteiger partial charge in [-0.3, -0.25) is 9.69 Å². The number of anilines is 1. The first-order chi connectivity index (χ1) is 10.9. The molecule has 1 aliphatic heterocycles. The van der Waals surface area contributed by atoms with Crippen molar-refractivity contribution in [3.8, 4) is 0 Å². The van der Waals surface area contributed by atoms with Crippen molar-refractivity contribution in [3.05, 3.63) is 29.6 Å². The first-order valence-corrected chi connectivity index (χ1v) is 8.40. The molecule has 0 saturated carbocycles. The number of hydrogen-bond acceptors (Lipinski definition) is 3. The zero-order chi connectivity index (χ0) is 17.0. The molecule has 0 radical (unpaired) electrons. The largest absolute Gasteiger partial charge is 0.324 e. The van der Waals surface area contributed by atoms with E-state index < -0.39 is 0 Å². The Kier molecular flexibility index (Phi) is 6.13. The van der Waals surface area contributed by atoms with E-state index in [1.807, 2.05) is 13.8 Å². The standard InChI is InChI=1S/C18H28FN3O/c1-13(2)12-21-7-9-22(10-8-21)15(4)18(23)20-17-11-16(19)6-5-14(17)3/h5-6,11,13,15H,7-10,12H2,1-4H3,(H,20,23). The minimum atomic E-state index is -0.333. The van der Waals surface area contributed by atoms with E-state index in [-0.39, 0.29) is 17.8 Å². The lowest BCUT2D eigenvalue weighted by Gasteiger charge is -2.38. The minimum absolute atomic E-state index is 0.0731. The fourth-order valence-corrected chi connectivity index (χ4v) is 2.98. The Morgan fingerprint density at radius 3 is 2.48 bits per heavy atom. The third-order valence-electron chi connectivity index (χ3n) is 4.41. The van der Waals surface area contributed by atoms with Crippen LogP contribution in [0.4, 0.5) is 10.1 Å². The molecule has 1 N–H and O–H groups in total. The predicted molar refractivity (Wildman–Crippen MR) is 92.1 cm³/mol. The van der Waals surface area contributed by atoms with Gasteiger partial charge in [0, 0.05) is 38.4 Å². The summed E-state index contributed by atoms with van der Waals surface area (Å²) in [4.78, 5) is 17.1. The van der Waals surface area contributed by atoms with Gasteiger partial charge in [0.25, 0.3) is 0 Å². The zero-order valence-corrected chi connectivity index (χ0v) is 14.6. The van der Waals surface area contributed by atoms with E-state index in [0.29, 0.717) is 11.6 Å². The monoisotopic (exact) mass is 321 g/mol. The highest BCUT2D eigenvalue weighted by Gasteiger charge is 2.26. The van der Waals surface area contributed by atoms with Gasteiger partial charge in [-0.2, -0.15) is 0 Å². The van der Waals surface area contributed by atoms with Crippen molar-refractivity contribution in [2.45, 2.75) is 33.7 Å². The van der Waals surface area contributed by atoms with Gasteiger partial charge in [-0.15, -0.1) is 0 Å². The number of carbonyl (C=O) groups excluding carboxylic acids is 1. The second-order valence-electron chi connectivity index (χ2n) is 6.85. The summed E-state index contributed by atoms with van der Waals surface area (Å²) < 4.78 is 13.3. The molecular formula is C18H28FN3O. The molecule has 0 aromatic heterocycles. The molecule has 1 amide bonds. The SMILES string of the molecule is Cc1ccc(F)cc1NC(=O)C(C)N1CCN(CC(C)C)CC1. The topological polar surface area (TPSA) is 35.6 Å². The van der Waals surface area contributed by atoms with Gasteiger partial charge < -0.3 is 10.2 Å². The number of halogens is 1. The second kappa shape index (κ2) is 7.88. The second-order valence-corrected chi connectivity index (χ2v) is 6.85. The Balaban J connectivity index is 1.89. The summed E-state index contributed by atoms with van der Waals surface area (Å²) in [7, 11) is 0. The maximum absolute atomic E-state index is 13.3. The Labute approximate surface area is 138 Å². The number of piperazine rings is 1. The highest BCUT2D eigenvalue weighted by molar-refractivity contribution is 5.95. The minimum Gasteiger partial charge on any atom is -0.324 e. The molecule has 1 aromatic carbocycles. The average Bonchev–Trinajstić information content (AvgIpc) is 2.50. The number of hydrogen-bond donors (Lipinski definition) is 1. The fraction of sp³-hybridized carbons (Fsp3) is 0.611. The van der Waals surface area contributed by atoms with E-state index >= 15 is 0 Å². The molecular weight excluding hydrogens is 293 g/mol. The number of amides is 1. The summed E-state index contributed by atoms with van der Waals surface area (Å²) in [6, 6.07) is 4.25. The van der Waals surface area contributed by atoms with Crippen molar-refractivity contribution < 1.29 is 9.18 Å². The van der Waals surface area contributed by atoms with Crippen LogP contribution in [0.2, 0.25) is 0 Å². The van der Waals surface area contributed by atoms with Gasteiger partial charge in [-0.25, -0.2) is 4.39 Å². The summed E-state index contributed by atoms with van der Waals surface area (Å²) >= 11 is 0. The van der Waals surface area contributed by atoms with E-state index in [1.54, 1.807) is 6.07 Å². The van der Waals surface area contributed by atoms with Gasteiger partial charge in [0.2, 0.25) is 5.91 Å². The van der Waals surface area contributed by atoms with Crippen LogP contribution in [0.3, 0.4) is 0 Å². The quantitative estimate of drug-likeness (QED) is 0.906. The van der Waals surface area contributed by atoms with Crippen molar-refractivity contribution in [2.75, 3.05) is 38.0 Å². The van der Waals surface area contributed by atoms with E-state index in [1.165, 1.54) is 12.1 Å². The fourth-order valence-electron chi connectivity index (χ4n) is 2.98. The first kappa shape index (κ1) is 17.9. The molecule has 0 aliphatic carbocycles. The maximum Gasteiger partial charge on any atom is 0.241 e. The molecule has 2 rings (SSSR count). The zero-order valence-electron chi connectivity index (χ0n) is 14.6. The van der Waals surface area contributed by atoms with Crippen molar-refractivity contribution >= 4 is 11.6 Å². The third kappa shape index (κ3) is 5.01. The molecule has 1 fully saturated rings. The molecule has 0 spiro atoms. The van der Waals surface area contributed by atoms with E-state index in [2.05, 4.69) is 29.0 Å². The van der Waals surface area contributed by atoms with Crippen LogP contribution < -0.4 is 5.32 Å². The lowest BCUT2D eigenvalue weighted by atomic mass is 10.1. The van der Waals surface area contributed by atoms with Gasteiger partial charge in [-0.1, -0.05) is 19.9 Å². The lowest BCUT2D eigenvalue weighted by molar-refractivity contribution is -0.121. The molecule has 0 bridgehead atoms. The van der Waals surface area contributed by atoms with Gasteiger partial charge in [0.05, 0.1) is 6.04 Å². The van der Waals surface area contributed by atoms with Gasteiger partial charge >= 0.3 is 0 Å². The molecule has 128 valence electrons. The van der Waals surface area contributed by atoms with E-state index in [0.717, 1.165) is 38.3 Å². The molecule has 1 heterocycles. The van der Waals surface area contributed by atoms with Crippen LogP contribution in [0.5, 0.6) is 0 Å². The lowest BCUT2D eigenvalue weighted by Crippen LogP contribution is -2.53. The molecule has 1 aromatic rings. The summed E-state index contributed by atoms with van der Waals surface area (Å²) in [5, 5.41) is 2.86. The average molecular weight is 321 g/mol. The van der Waals surface area contributed by atoms with Crippen LogP contribution in [0, 0.1) is 18.7 Å². The number of aryl methyl sites for hydroxylation is 1. The smallest absolute Gasteiger partial charge is 0.241 e. The Morgan fingerprint density at radius 1 is 1.22 bits per heavy atom. The van der Waals surface area contributed by atoms with Crippen LogP contribution in [0.1, 0.15) is 26.3 Å². The van der Waals surface area contributed by atoms with Crippen LogP contribution in [0.25, 0.3) is 0 Å². The molecule has 5 heteroatoms. The maximum atomic E-state index is 13.3. The Hall–Kier alpha value is -1.46. The van der Waals surface area contributed by atoms with Crippen molar-refractivity contribution in [1.82, 2.24) is 9.80 Å². The van der Waals surface area contributed by atoms with Crippen LogP contribution in [-0.4, -0.2) is 54.5 Å². The summed E-state index contributed by atoms with van der Waals surface area (Å²) in [6.45, 7) is 13.1.